The van der Waals surface area contributed by atoms with Gasteiger partial charge in [0.2, 0.25) is 5.91 Å². The lowest BCUT2D eigenvalue weighted by atomic mass is 10.2. The summed E-state index contributed by atoms with van der Waals surface area (Å²) in [6, 6.07) is 8.00. The zero-order valence-electron chi connectivity index (χ0n) is 12.3. The minimum Gasteiger partial charge on any atom is -0.384 e. The van der Waals surface area contributed by atoms with E-state index in [0.717, 1.165) is 5.69 Å². The second-order valence-electron chi connectivity index (χ2n) is 4.79. The van der Waals surface area contributed by atoms with E-state index in [4.69, 9.17) is 5.73 Å². The van der Waals surface area contributed by atoms with Gasteiger partial charge in [0.25, 0.3) is 0 Å². The van der Waals surface area contributed by atoms with Gasteiger partial charge in [-0.05, 0) is 19.9 Å². The molecule has 0 bridgehead atoms. The van der Waals surface area contributed by atoms with Crippen molar-refractivity contribution in [3.8, 4) is 0 Å². The molecule has 2 aromatic rings. The molecule has 0 aliphatic heterocycles. The number of carbonyl (C=O) groups is 1. The van der Waals surface area contributed by atoms with Crippen LogP contribution in [-0.2, 0) is 11.3 Å². The molecule has 0 saturated carbocycles. The number of nitrogens with one attached hydrogen (secondary N) is 1. The first-order valence-electron chi connectivity index (χ1n) is 6.74. The van der Waals surface area contributed by atoms with Crippen LogP contribution in [0.1, 0.15) is 18.2 Å². The Morgan fingerprint density at radius 1 is 1.41 bits per heavy atom. The molecule has 0 spiro atoms. The van der Waals surface area contributed by atoms with Crippen molar-refractivity contribution in [2.45, 2.75) is 30.8 Å². The standard InChI is InChI=1S/C15H17FN4OS/c1-9-7-13(17)20-15(19-9)22-10(2)14(21)18-8-11-5-3-4-6-12(11)16/h3-7,10H,8H2,1-2H3,(H,18,21)(H2,17,19,20). The summed E-state index contributed by atoms with van der Waals surface area (Å²) in [5, 5.41) is 2.74. The van der Waals surface area contributed by atoms with E-state index in [9.17, 15) is 9.18 Å². The van der Waals surface area contributed by atoms with Crippen LogP contribution in [0.4, 0.5) is 10.2 Å². The molecule has 1 unspecified atom stereocenters. The van der Waals surface area contributed by atoms with Gasteiger partial charge >= 0.3 is 0 Å². The maximum absolute atomic E-state index is 13.5. The fourth-order valence-corrected chi connectivity index (χ4v) is 2.66. The number of benzene rings is 1. The van der Waals surface area contributed by atoms with Gasteiger partial charge in [0.15, 0.2) is 5.16 Å². The maximum Gasteiger partial charge on any atom is 0.233 e. The lowest BCUT2D eigenvalue weighted by Crippen LogP contribution is -2.30. The number of anilines is 1. The first-order valence-corrected chi connectivity index (χ1v) is 7.62. The number of hydrogen-bond acceptors (Lipinski definition) is 5. The predicted molar refractivity (Wildman–Crippen MR) is 84.7 cm³/mol. The number of nitrogen functional groups attached to an aromatic ring is 1. The van der Waals surface area contributed by atoms with Crippen LogP contribution in [0.15, 0.2) is 35.5 Å². The number of aromatic nitrogens is 2. The number of nitrogens with zero attached hydrogens (tertiary/aromatic N) is 2. The molecule has 0 aliphatic rings. The van der Waals surface area contributed by atoms with Crippen LogP contribution >= 0.6 is 11.8 Å². The summed E-state index contributed by atoms with van der Waals surface area (Å²) in [6.07, 6.45) is 0. The molecule has 1 atom stereocenters. The highest BCUT2D eigenvalue weighted by molar-refractivity contribution is 8.00. The highest BCUT2D eigenvalue weighted by Crippen LogP contribution is 2.21. The Hall–Kier alpha value is -2.15. The van der Waals surface area contributed by atoms with Crippen LogP contribution in [0.2, 0.25) is 0 Å². The van der Waals surface area contributed by atoms with Crippen LogP contribution < -0.4 is 11.1 Å². The molecule has 0 saturated heterocycles. The van der Waals surface area contributed by atoms with Gasteiger partial charge in [-0.3, -0.25) is 4.79 Å². The molecule has 0 radical (unpaired) electrons. The molecule has 1 amide bonds. The number of thioether (sulfide) groups is 1. The molecule has 22 heavy (non-hydrogen) atoms. The molecule has 0 aliphatic carbocycles. The van der Waals surface area contributed by atoms with Crippen LogP contribution in [0.25, 0.3) is 0 Å². The van der Waals surface area contributed by atoms with E-state index in [-0.39, 0.29) is 18.3 Å². The molecule has 0 fully saturated rings. The predicted octanol–water partition coefficient (Wildman–Crippen LogP) is 2.30. The van der Waals surface area contributed by atoms with E-state index in [1.807, 2.05) is 6.92 Å². The molecular formula is C15H17FN4OS. The fraction of sp³-hybridized carbons (Fsp3) is 0.267. The Bertz CT molecular complexity index is 660. The molecule has 5 nitrogen and oxygen atoms in total. The Morgan fingerprint density at radius 3 is 2.82 bits per heavy atom. The second kappa shape index (κ2) is 7.22. The number of hydrogen-bond donors (Lipinski definition) is 2. The maximum atomic E-state index is 13.5. The van der Waals surface area contributed by atoms with Crippen molar-refractivity contribution in [2.75, 3.05) is 5.73 Å². The number of rotatable bonds is 5. The van der Waals surface area contributed by atoms with E-state index < -0.39 is 5.25 Å². The van der Waals surface area contributed by atoms with Crippen molar-refractivity contribution in [1.29, 1.82) is 0 Å². The molecule has 116 valence electrons. The van der Waals surface area contributed by atoms with Gasteiger partial charge in [-0.2, -0.15) is 0 Å². The van der Waals surface area contributed by atoms with E-state index in [1.165, 1.54) is 17.8 Å². The average molecular weight is 320 g/mol. The van der Waals surface area contributed by atoms with Crippen LogP contribution in [0.3, 0.4) is 0 Å². The second-order valence-corrected chi connectivity index (χ2v) is 6.09. The Morgan fingerprint density at radius 2 is 2.14 bits per heavy atom. The third kappa shape index (κ3) is 4.42. The summed E-state index contributed by atoms with van der Waals surface area (Å²) in [7, 11) is 0. The summed E-state index contributed by atoms with van der Waals surface area (Å²) in [5.41, 5.74) is 6.85. The zero-order chi connectivity index (χ0) is 16.1. The van der Waals surface area contributed by atoms with Gasteiger partial charge in [-0.15, -0.1) is 0 Å². The summed E-state index contributed by atoms with van der Waals surface area (Å²) >= 11 is 1.21. The van der Waals surface area contributed by atoms with Crippen molar-refractivity contribution in [3.05, 3.63) is 47.4 Å². The molecule has 1 aromatic heterocycles. The van der Waals surface area contributed by atoms with Gasteiger partial charge in [-0.1, -0.05) is 30.0 Å². The van der Waals surface area contributed by atoms with Crippen LogP contribution in [-0.4, -0.2) is 21.1 Å². The van der Waals surface area contributed by atoms with Gasteiger partial charge in [0.05, 0.1) is 5.25 Å². The average Bonchev–Trinajstić information content (AvgIpc) is 2.45. The third-order valence-corrected chi connectivity index (χ3v) is 3.88. The summed E-state index contributed by atoms with van der Waals surface area (Å²) in [4.78, 5) is 20.4. The van der Waals surface area contributed by atoms with Crippen LogP contribution in [0, 0.1) is 12.7 Å². The number of halogens is 1. The zero-order valence-corrected chi connectivity index (χ0v) is 13.2. The van der Waals surface area contributed by atoms with Crippen molar-refractivity contribution in [1.82, 2.24) is 15.3 Å². The Kier molecular flexibility index (Phi) is 5.32. The highest BCUT2D eigenvalue weighted by atomic mass is 32.2. The van der Waals surface area contributed by atoms with Gasteiger partial charge < -0.3 is 11.1 Å². The topological polar surface area (TPSA) is 80.9 Å². The van der Waals surface area contributed by atoms with E-state index in [2.05, 4.69) is 15.3 Å². The van der Waals surface area contributed by atoms with E-state index in [0.29, 0.717) is 16.5 Å². The monoisotopic (exact) mass is 320 g/mol. The van der Waals surface area contributed by atoms with Crippen molar-refractivity contribution >= 4 is 23.5 Å². The first-order chi connectivity index (χ1) is 10.5. The Balaban J connectivity index is 1.93. The van der Waals surface area contributed by atoms with Gasteiger partial charge in [-0.25, -0.2) is 14.4 Å². The van der Waals surface area contributed by atoms with Crippen molar-refractivity contribution in [2.24, 2.45) is 0 Å². The number of nitrogens with two attached hydrogens (primary N) is 1. The molecule has 7 heteroatoms. The lowest BCUT2D eigenvalue weighted by Gasteiger charge is -2.12. The number of amides is 1. The minimum atomic E-state index is -0.409. The van der Waals surface area contributed by atoms with Crippen molar-refractivity contribution < 1.29 is 9.18 Å². The summed E-state index contributed by atoms with van der Waals surface area (Å²) in [5.74, 6) is -0.177. The molecule has 2 rings (SSSR count). The SMILES string of the molecule is Cc1cc(N)nc(SC(C)C(=O)NCc2ccccc2F)n1. The lowest BCUT2D eigenvalue weighted by molar-refractivity contribution is -0.120. The molecule has 1 heterocycles. The normalized spacial score (nSPS) is 12.0. The minimum absolute atomic E-state index is 0.146. The third-order valence-electron chi connectivity index (χ3n) is 2.92. The number of carbonyl (C=O) groups excluding carboxylic acids is 1. The quantitative estimate of drug-likeness (QED) is 0.652. The molecule has 3 N–H and O–H groups in total. The van der Waals surface area contributed by atoms with Crippen molar-refractivity contribution in [3.63, 3.8) is 0 Å². The molecular weight excluding hydrogens is 303 g/mol. The van der Waals surface area contributed by atoms with E-state index >= 15 is 0 Å². The van der Waals surface area contributed by atoms with Gasteiger partial charge in [0, 0.05) is 23.9 Å². The smallest absolute Gasteiger partial charge is 0.233 e. The van der Waals surface area contributed by atoms with Crippen LogP contribution in [0.5, 0.6) is 0 Å². The first kappa shape index (κ1) is 16.2. The fourth-order valence-electron chi connectivity index (χ4n) is 1.80. The number of aryl methyl sites for hydroxylation is 1. The summed E-state index contributed by atoms with van der Waals surface area (Å²) < 4.78 is 13.5. The van der Waals surface area contributed by atoms with E-state index in [1.54, 1.807) is 31.2 Å². The largest absolute Gasteiger partial charge is 0.384 e. The van der Waals surface area contributed by atoms with Gasteiger partial charge in [0.1, 0.15) is 11.6 Å². The summed E-state index contributed by atoms with van der Waals surface area (Å²) in [6.45, 7) is 3.70. The Labute approximate surface area is 132 Å². The highest BCUT2D eigenvalue weighted by Gasteiger charge is 2.16. The molecule has 1 aromatic carbocycles.